The first-order valence-corrected chi connectivity index (χ1v) is 7.73. The van der Waals surface area contributed by atoms with Gasteiger partial charge in [0, 0.05) is 0 Å². The van der Waals surface area contributed by atoms with Crippen molar-refractivity contribution in [3.63, 3.8) is 0 Å². The molecule has 0 aliphatic carbocycles. The minimum Gasteiger partial charge on any atom is -0.292 e. The lowest BCUT2D eigenvalue weighted by Crippen LogP contribution is -2.36. The average Bonchev–Trinajstić information content (AvgIpc) is 3.08. The van der Waals surface area contributed by atoms with Gasteiger partial charge in [0.2, 0.25) is 0 Å². The Balaban J connectivity index is 1.83. The monoisotopic (exact) mass is 305 g/mol. The Morgan fingerprint density at radius 2 is 2.18 bits per heavy atom. The molecule has 3 heterocycles. The van der Waals surface area contributed by atoms with Crippen molar-refractivity contribution >= 4 is 0 Å². The molecule has 0 bridgehead atoms. The summed E-state index contributed by atoms with van der Waals surface area (Å²) in [5, 5.41) is 10.9. The van der Waals surface area contributed by atoms with Crippen LogP contribution in [0.5, 0.6) is 0 Å². The van der Waals surface area contributed by atoms with Crippen molar-refractivity contribution in [2.24, 2.45) is 0 Å². The molecule has 0 radical (unpaired) electrons. The van der Waals surface area contributed by atoms with Crippen LogP contribution in [0.4, 0.5) is 0 Å². The van der Waals surface area contributed by atoms with Crippen LogP contribution < -0.4 is 5.69 Å². The Labute approximate surface area is 128 Å². The number of nitrogens with zero attached hydrogens (tertiary/aromatic N) is 5. The van der Waals surface area contributed by atoms with Crippen LogP contribution in [-0.4, -0.2) is 41.4 Å². The average molecular weight is 305 g/mol. The highest BCUT2D eigenvalue weighted by Crippen LogP contribution is 2.29. The molecule has 3 rings (SSSR count). The van der Waals surface area contributed by atoms with Crippen molar-refractivity contribution in [1.82, 2.24) is 34.8 Å². The first-order valence-electron chi connectivity index (χ1n) is 7.73. The fraction of sp³-hybridized carbons (Fsp3) is 0.714. The molecule has 22 heavy (non-hydrogen) atoms. The van der Waals surface area contributed by atoms with Gasteiger partial charge in [0.25, 0.3) is 0 Å². The number of aromatic amines is 2. The van der Waals surface area contributed by atoms with Crippen LogP contribution in [0.25, 0.3) is 0 Å². The van der Waals surface area contributed by atoms with Crippen LogP contribution in [0.3, 0.4) is 0 Å². The summed E-state index contributed by atoms with van der Waals surface area (Å²) >= 11 is 0. The van der Waals surface area contributed by atoms with Crippen molar-refractivity contribution in [1.29, 1.82) is 0 Å². The third-order valence-electron chi connectivity index (χ3n) is 4.05. The number of aromatic nitrogens is 6. The SMILES string of the molecule is CC(C)(C)n1ncnc1CN1CCCCC1c1n[nH]c(=O)[nH]1. The fourth-order valence-corrected chi connectivity index (χ4v) is 3.05. The highest BCUT2D eigenvalue weighted by Gasteiger charge is 2.29. The van der Waals surface area contributed by atoms with Gasteiger partial charge < -0.3 is 0 Å². The van der Waals surface area contributed by atoms with Crippen LogP contribution >= 0.6 is 0 Å². The van der Waals surface area contributed by atoms with E-state index in [1.54, 1.807) is 6.33 Å². The molecule has 0 amide bonds. The van der Waals surface area contributed by atoms with Gasteiger partial charge in [-0.3, -0.25) is 9.88 Å². The van der Waals surface area contributed by atoms with Crippen molar-refractivity contribution in [3.05, 3.63) is 28.5 Å². The second-order valence-corrected chi connectivity index (χ2v) is 6.80. The van der Waals surface area contributed by atoms with Gasteiger partial charge in [0.05, 0.1) is 18.1 Å². The molecule has 1 aliphatic rings. The number of likely N-dealkylation sites (tertiary alicyclic amines) is 1. The predicted octanol–water partition coefficient (Wildman–Crippen LogP) is 1.17. The smallest absolute Gasteiger partial charge is 0.292 e. The van der Waals surface area contributed by atoms with Gasteiger partial charge in [-0.1, -0.05) is 6.42 Å². The molecule has 8 nitrogen and oxygen atoms in total. The van der Waals surface area contributed by atoms with E-state index in [9.17, 15) is 4.79 Å². The number of piperidine rings is 1. The van der Waals surface area contributed by atoms with Gasteiger partial charge >= 0.3 is 5.69 Å². The Kier molecular flexibility index (Phi) is 3.86. The summed E-state index contributed by atoms with van der Waals surface area (Å²) in [4.78, 5) is 20.9. The number of hydrogen-bond donors (Lipinski definition) is 2. The van der Waals surface area contributed by atoms with E-state index in [2.05, 4.69) is 50.9 Å². The zero-order chi connectivity index (χ0) is 15.7. The molecule has 1 saturated heterocycles. The summed E-state index contributed by atoms with van der Waals surface area (Å²) in [6.07, 6.45) is 4.89. The van der Waals surface area contributed by atoms with Crippen molar-refractivity contribution < 1.29 is 0 Å². The molecule has 1 fully saturated rings. The third kappa shape index (κ3) is 2.96. The Hall–Kier alpha value is -1.96. The number of rotatable bonds is 3. The maximum absolute atomic E-state index is 11.3. The first kappa shape index (κ1) is 15.0. The summed E-state index contributed by atoms with van der Waals surface area (Å²) in [6, 6.07) is 0.123. The van der Waals surface area contributed by atoms with Crippen LogP contribution in [0, 0.1) is 0 Å². The van der Waals surface area contributed by atoms with Gasteiger partial charge in [0.1, 0.15) is 18.0 Å². The number of nitrogens with one attached hydrogen (secondary N) is 2. The molecule has 2 aromatic heterocycles. The van der Waals surface area contributed by atoms with Crippen LogP contribution in [0.15, 0.2) is 11.1 Å². The van der Waals surface area contributed by atoms with E-state index in [0.717, 1.165) is 31.6 Å². The lowest BCUT2D eigenvalue weighted by atomic mass is 10.0. The molecule has 0 spiro atoms. The Bertz CT molecular complexity index is 678. The summed E-state index contributed by atoms with van der Waals surface area (Å²) in [7, 11) is 0. The standard InChI is InChI=1S/C14H23N7O/c1-14(2,3)21-11(15-9-16-21)8-20-7-5-4-6-10(20)12-17-13(22)19-18-12/h9-10H,4-8H2,1-3H3,(H2,17,18,19,22). The maximum Gasteiger partial charge on any atom is 0.340 e. The van der Waals surface area contributed by atoms with E-state index in [1.165, 1.54) is 0 Å². The van der Waals surface area contributed by atoms with Gasteiger partial charge in [-0.15, -0.1) is 0 Å². The Morgan fingerprint density at radius 3 is 2.86 bits per heavy atom. The Morgan fingerprint density at radius 1 is 1.36 bits per heavy atom. The molecular formula is C14H23N7O. The molecule has 8 heteroatoms. The second kappa shape index (κ2) is 5.68. The van der Waals surface area contributed by atoms with Gasteiger partial charge in [0.15, 0.2) is 0 Å². The predicted molar refractivity (Wildman–Crippen MR) is 81.2 cm³/mol. The van der Waals surface area contributed by atoms with E-state index in [1.807, 2.05) is 4.68 Å². The maximum atomic E-state index is 11.3. The molecule has 1 atom stereocenters. The molecule has 0 saturated carbocycles. The highest BCUT2D eigenvalue weighted by molar-refractivity contribution is 4.98. The van der Waals surface area contributed by atoms with Gasteiger partial charge in [-0.25, -0.2) is 19.6 Å². The molecule has 2 aromatic rings. The van der Waals surface area contributed by atoms with E-state index in [4.69, 9.17) is 0 Å². The van der Waals surface area contributed by atoms with E-state index in [-0.39, 0.29) is 17.3 Å². The molecular weight excluding hydrogens is 282 g/mol. The molecule has 0 aromatic carbocycles. The lowest BCUT2D eigenvalue weighted by Gasteiger charge is -2.34. The molecule has 1 aliphatic heterocycles. The van der Waals surface area contributed by atoms with E-state index >= 15 is 0 Å². The highest BCUT2D eigenvalue weighted by atomic mass is 16.1. The summed E-state index contributed by atoms with van der Waals surface area (Å²) in [5.74, 6) is 1.66. The van der Waals surface area contributed by atoms with Crippen molar-refractivity contribution in [3.8, 4) is 0 Å². The molecule has 120 valence electrons. The second-order valence-electron chi connectivity index (χ2n) is 6.80. The van der Waals surface area contributed by atoms with Crippen LogP contribution in [0.1, 0.15) is 57.7 Å². The van der Waals surface area contributed by atoms with Crippen LogP contribution in [-0.2, 0) is 12.1 Å². The number of H-pyrrole nitrogens is 2. The minimum absolute atomic E-state index is 0.0994. The topological polar surface area (TPSA) is 95.5 Å². The first-order chi connectivity index (χ1) is 10.4. The van der Waals surface area contributed by atoms with E-state index < -0.39 is 0 Å². The third-order valence-corrected chi connectivity index (χ3v) is 4.05. The molecule has 1 unspecified atom stereocenters. The van der Waals surface area contributed by atoms with Crippen molar-refractivity contribution in [2.75, 3.05) is 6.54 Å². The van der Waals surface area contributed by atoms with E-state index in [0.29, 0.717) is 12.4 Å². The van der Waals surface area contributed by atoms with Crippen molar-refractivity contribution in [2.45, 2.75) is 58.2 Å². The summed E-state index contributed by atoms with van der Waals surface area (Å²) in [6.45, 7) is 8.02. The lowest BCUT2D eigenvalue weighted by molar-refractivity contribution is 0.125. The zero-order valence-electron chi connectivity index (χ0n) is 13.3. The van der Waals surface area contributed by atoms with Crippen LogP contribution in [0.2, 0.25) is 0 Å². The number of hydrogen-bond acceptors (Lipinski definition) is 5. The fourth-order valence-electron chi connectivity index (χ4n) is 3.05. The summed E-state index contributed by atoms with van der Waals surface area (Å²) in [5.41, 5.74) is -0.351. The molecule has 2 N–H and O–H groups in total. The largest absolute Gasteiger partial charge is 0.340 e. The zero-order valence-corrected chi connectivity index (χ0v) is 13.3. The normalized spacial score (nSPS) is 20.4. The quantitative estimate of drug-likeness (QED) is 0.887. The summed E-state index contributed by atoms with van der Waals surface area (Å²) < 4.78 is 1.96. The van der Waals surface area contributed by atoms with Gasteiger partial charge in [-0.2, -0.15) is 10.2 Å². The van der Waals surface area contributed by atoms with Gasteiger partial charge in [-0.05, 0) is 40.2 Å². The minimum atomic E-state index is -0.251.